The topological polar surface area (TPSA) is 40.5 Å². The highest BCUT2D eigenvalue weighted by atomic mass is 16.3. The fraction of sp³-hybridized carbons (Fsp3) is 1.00. The second kappa shape index (κ2) is 6.39. The predicted molar refractivity (Wildman–Crippen MR) is 55.7 cm³/mol. The standard InChI is InChI=1S/C11H24O2/c1-4-7-10(12)8-9-11(13,5-2)6-3/h10,12-13H,4-9H2,1-3H3. The van der Waals surface area contributed by atoms with Crippen molar-refractivity contribution in [3.63, 3.8) is 0 Å². The third kappa shape index (κ3) is 5.27. The van der Waals surface area contributed by atoms with Gasteiger partial charge in [0.15, 0.2) is 0 Å². The molecule has 0 aromatic rings. The van der Waals surface area contributed by atoms with Gasteiger partial charge in [-0.05, 0) is 32.1 Å². The van der Waals surface area contributed by atoms with Gasteiger partial charge in [-0.15, -0.1) is 0 Å². The van der Waals surface area contributed by atoms with E-state index < -0.39 is 5.60 Å². The molecule has 0 aliphatic heterocycles. The monoisotopic (exact) mass is 188 g/mol. The Morgan fingerprint density at radius 2 is 1.62 bits per heavy atom. The van der Waals surface area contributed by atoms with Crippen molar-refractivity contribution in [2.24, 2.45) is 0 Å². The van der Waals surface area contributed by atoms with Crippen molar-refractivity contribution in [3.05, 3.63) is 0 Å². The quantitative estimate of drug-likeness (QED) is 0.644. The number of aliphatic hydroxyl groups is 2. The van der Waals surface area contributed by atoms with E-state index in [1.807, 2.05) is 13.8 Å². The summed E-state index contributed by atoms with van der Waals surface area (Å²) in [6.07, 6.45) is 4.65. The van der Waals surface area contributed by atoms with Crippen molar-refractivity contribution in [3.8, 4) is 0 Å². The van der Waals surface area contributed by atoms with Gasteiger partial charge in [0.05, 0.1) is 11.7 Å². The van der Waals surface area contributed by atoms with Crippen LogP contribution in [0, 0.1) is 0 Å². The average molecular weight is 188 g/mol. The summed E-state index contributed by atoms with van der Waals surface area (Å²) in [5, 5.41) is 19.4. The van der Waals surface area contributed by atoms with Crippen LogP contribution in [0.25, 0.3) is 0 Å². The van der Waals surface area contributed by atoms with E-state index in [1.165, 1.54) is 0 Å². The Bertz CT molecular complexity index is 119. The van der Waals surface area contributed by atoms with Crippen LogP contribution in [0.3, 0.4) is 0 Å². The Labute approximate surface area is 82.0 Å². The smallest absolute Gasteiger partial charge is 0.0643 e. The molecule has 2 heteroatoms. The van der Waals surface area contributed by atoms with Gasteiger partial charge in [-0.3, -0.25) is 0 Å². The molecule has 2 N–H and O–H groups in total. The Morgan fingerprint density at radius 1 is 1.08 bits per heavy atom. The highest BCUT2D eigenvalue weighted by Gasteiger charge is 2.22. The summed E-state index contributed by atoms with van der Waals surface area (Å²) in [6.45, 7) is 6.06. The average Bonchev–Trinajstić information content (AvgIpc) is 2.15. The number of rotatable bonds is 7. The van der Waals surface area contributed by atoms with Gasteiger partial charge < -0.3 is 10.2 Å². The van der Waals surface area contributed by atoms with Crippen molar-refractivity contribution in [1.29, 1.82) is 0 Å². The summed E-state index contributed by atoms with van der Waals surface area (Å²) >= 11 is 0. The zero-order valence-electron chi connectivity index (χ0n) is 9.21. The van der Waals surface area contributed by atoms with Crippen LogP contribution in [0.4, 0.5) is 0 Å². The molecular formula is C11H24O2. The molecule has 0 saturated carbocycles. The number of hydrogen-bond acceptors (Lipinski definition) is 2. The van der Waals surface area contributed by atoms with Crippen LogP contribution < -0.4 is 0 Å². The fourth-order valence-electron chi connectivity index (χ4n) is 1.52. The SMILES string of the molecule is CCCC(O)CCC(O)(CC)CC. The fourth-order valence-corrected chi connectivity index (χ4v) is 1.52. The molecular weight excluding hydrogens is 164 g/mol. The first-order valence-electron chi connectivity index (χ1n) is 5.48. The Kier molecular flexibility index (Phi) is 6.35. The highest BCUT2D eigenvalue weighted by Crippen LogP contribution is 2.22. The molecule has 1 unspecified atom stereocenters. The summed E-state index contributed by atoms with van der Waals surface area (Å²) in [6, 6.07) is 0. The van der Waals surface area contributed by atoms with Crippen molar-refractivity contribution in [2.45, 2.75) is 71.0 Å². The van der Waals surface area contributed by atoms with Gasteiger partial charge >= 0.3 is 0 Å². The molecule has 0 aliphatic carbocycles. The second-order valence-electron chi connectivity index (χ2n) is 3.91. The van der Waals surface area contributed by atoms with Crippen LogP contribution in [-0.4, -0.2) is 21.9 Å². The van der Waals surface area contributed by atoms with Crippen LogP contribution in [0.15, 0.2) is 0 Å². The van der Waals surface area contributed by atoms with Crippen LogP contribution in [-0.2, 0) is 0 Å². The van der Waals surface area contributed by atoms with E-state index in [4.69, 9.17) is 0 Å². The normalized spacial score (nSPS) is 14.5. The minimum atomic E-state index is -0.547. The maximum Gasteiger partial charge on any atom is 0.0643 e. The molecule has 0 bridgehead atoms. The lowest BCUT2D eigenvalue weighted by Crippen LogP contribution is -2.28. The molecule has 13 heavy (non-hydrogen) atoms. The van der Waals surface area contributed by atoms with Crippen molar-refractivity contribution >= 4 is 0 Å². The molecule has 0 fully saturated rings. The van der Waals surface area contributed by atoms with Crippen LogP contribution in [0.5, 0.6) is 0 Å². The van der Waals surface area contributed by atoms with Crippen molar-refractivity contribution in [1.82, 2.24) is 0 Å². The summed E-state index contributed by atoms with van der Waals surface area (Å²) in [7, 11) is 0. The molecule has 1 atom stereocenters. The van der Waals surface area contributed by atoms with Crippen LogP contribution in [0.2, 0.25) is 0 Å². The maximum absolute atomic E-state index is 9.93. The van der Waals surface area contributed by atoms with Gasteiger partial charge in [0.25, 0.3) is 0 Å². The van der Waals surface area contributed by atoms with Crippen molar-refractivity contribution < 1.29 is 10.2 Å². The second-order valence-corrected chi connectivity index (χ2v) is 3.91. The molecule has 0 rings (SSSR count). The maximum atomic E-state index is 9.93. The highest BCUT2D eigenvalue weighted by molar-refractivity contribution is 4.76. The predicted octanol–water partition coefficient (Wildman–Crippen LogP) is 2.48. The third-order valence-corrected chi connectivity index (χ3v) is 2.88. The summed E-state index contributed by atoms with van der Waals surface area (Å²) < 4.78 is 0. The van der Waals surface area contributed by atoms with Gasteiger partial charge in [0, 0.05) is 0 Å². The molecule has 0 amide bonds. The molecule has 0 spiro atoms. The minimum Gasteiger partial charge on any atom is -0.393 e. The van der Waals surface area contributed by atoms with E-state index in [2.05, 4.69) is 6.92 Å². The van der Waals surface area contributed by atoms with Gasteiger partial charge in [-0.2, -0.15) is 0 Å². The van der Waals surface area contributed by atoms with E-state index in [0.717, 1.165) is 38.5 Å². The van der Waals surface area contributed by atoms with Crippen LogP contribution >= 0.6 is 0 Å². The first-order chi connectivity index (χ1) is 6.08. The first-order valence-corrected chi connectivity index (χ1v) is 5.48. The largest absolute Gasteiger partial charge is 0.393 e. The third-order valence-electron chi connectivity index (χ3n) is 2.88. The van der Waals surface area contributed by atoms with Crippen LogP contribution in [0.1, 0.15) is 59.3 Å². The number of hydrogen-bond donors (Lipinski definition) is 2. The van der Waals surface area contributed by atoms with Gasteiger partial charge in [0.2, 0.25) is 0 Å². The summed E-state index contributed by atoms with van der Waals surface area (Å²) in [5.41, 5.74) is -0.547. The zero-order chi connectivity index (χ0) is 10.3. The molecule has 0 aromatic heterocycles. The molecule has 0 radical (unpaired) electrons. The minimum absolute atomic E-state index is 0.227. The molecule has 0 heterocycles. The van der Waals surface area contributed by atoms with E-state index in [9.17, 15) is 10.2 Å². The number of aliphatic hydroxyl groups excluding tert-OH is 1. The summed E-state index contributed by atoms with van der Waals surface area (Å²) in [4.78, 5) is 0. The molecule has 0 aliphatic rings. The Hall–Kier alpha value is -0.0800. The Morgan fingerprint density at radius 3 is 2.00 bits per heavy atom. The Balaban J connectivity index is 3.71. The van der Waals surface area contributed by atoms with E-state index in [-0.39, 0.29) is 6.10 Å². The van der Waals surface area contributed by atoms with Gasteiger partial charge in [-0.1, -0.05) is 27.2 Å². The van der Waals surface area contributed by atoms with E-state index in [1.54, 1.807) is 0 Å². The van der Waals surface area contributed by atoms with Gasteiger partial charge in [-0.25, -0.2) is 0 Å². The lowest BCUT2D eigenvalue weighted by atomic mass is 9.90. The lowest BCUT2D eigenvalue weighted by molar-refractivity contribution is 0.00761. The molecule has 2 nitrogen and oxygen atoms in total. The molecule has 80 valence electrons. The van der Waals surface area contributed by atoms with E-state index >= 15 is 0 Å². The molecule has 0 saturated heterocycles. The van der Waals surface area contributed by atoms with Crippen molar-refractivity contribution in [2.75, 3.05) is 0 Å². The van der Waals surface area contributed by atoms with E-state index in [0.29, 0.717) is 0 Å². The molecule has 0 aromatic carbocycles. The van der Waals surface area contributed by atoms with Gasteiger partial charge in [0.1, 0.15) is 0 Å². The summed E-state index contributed by atoms with van der Waals surface area (Å²) in [5.74, 6) is 0. The first kappa shape index (κ1) is 12.9. The lowest BCUT2D eigenvalue weighted by Gasteiger charge is -2.26. The zero-order valence-corrected chi connectivity index (χ0v) is 9.21.